The van der Waals surface area contributed by atoms with Gasteiger partial charge < -0.3 is 36.5 Å². The Balaban J connectivity index is 1.23. The van der Waals surface area contributed by atoms with Gasteiger partial charge in [0.2, 0.25) is 24.6 Å². The number of aromatic nitrogens is 4. The molecule has 5 rings (SSSR count). The Labute approximate surface area is 312 Å². The summed E-state index contributed by atoms with van der Waals surface area (Å²) >= 11 is 4.15. The number of nitrogens with zero attached hydrogens (tertiary/aromatic N) is 6. The molecular formula is C33H37N9O11S. The summed E-state index contributed by atoms with van der Waals surface area (Å²) in [6, 6.07) is 3.91. The first-order valence-corrected chi connectivity index (χ1v) is 17.2. The van der Waals surface area contributed by atoms with Crippen LogP contribution in [0.5, 0.6) is 0 Å². The first-order chi connectivity index (χ1) is 25.7. The summed E-state index contributed by atoms with van der Waals surface area (Å²) in [5.41, 5.74) is 12.2. The van der Waals surface area contributed by atoms with Gasteiger partial charge in [-0.2, -0.15) is 22.6 Å². The molecule has 0 bridgehead atoms. The number of carboxylic acids is 2. The molecule has 286 valence electrons. The van der Waals surface area contributed by atoms with E-state index in [1.807, 2.05) is 0 Å². The molecule has 2 fully saturated rings. The molecule has 1 saturated carbocycles. The molecule has 0 spiro atoms. The molecule has 7 N–H and O–H groups in total. The number of nitrogens with two attached hydrogens (primary N) is 2. The first-order valence-electron chi connectivity index (χ1n) is 16.7. The summed E-state index contributed by atoms with van der Waals surface area (Å²) in [5, 5.41) is 19.9. The van der Waals surface area contributed by atoms with Gasteiger partial charge >= 0.3 is 24.0 Å². The van der Waals surface area contributed by atoms with E-state index in [1.165, 1.54) is 35.4 Å². The lowest BCUT2D eigenvalue weighted by molar-refractivity contribution is -0.158. The van der Waals surface area contributed by atoms with Crippen molar-refractivity contribution in [1.29, 1.82) is 0 Å². The molecule has 3 aromatic rings. The van der Waals surface area contributed by atoms with Gasteiger partial charge in [-0.05, 0) is 62.3 Å². The monoisotopic (exact) mass is 767 g/mol. The fraction of sp³-hybridized carbons (Fsp3) is 0.424. The maximum absolute atomic E-state index is 13.5. The number of carbonyl (C=O) groups excluding carboxylic acids is 5. The van der Waals surface area contributed by atoms with E-state index in [0.717, 1.165) is 4.90 Å². The van der Waals surface area contributed by atoms with Crippen molar-refractivity contribution in [3.8, 4) is 0 Å². The van der Waals surface area contributed by atoms with Crippen LogP contribution in [0, 0.1) is 11.8 Å². The van der Waals surface area contributed by atoms with Crippen molar-refractivity contribution in [2.24, 2.45) is 11.8 Å². The molecule has 54 heavy (non-hydrogen) atoms. The van der Waals surface area contributed by atoms with E-state index in [4.69, 9.17) is 26.0 Å². The van der Waals surface area contributed by atoms with Crippen molar-refractivity contribution in [2.75, 3.05) is 29.7 Å². The number of nitrogen functional groups attached to an aromatic ring is 2. The summed E-state index contributed by atoms with van der Waals surface area (Å²) in [7, 11) is 0. The van der Waals surface area contributed by atoms with Gasteiger partial charge in [0.25, 0.3) is 5.91 Å². The van der Waals surface area contributed by atoms with E-state index in [-0.39, 0.29) is 83.5 Å². The van der Waals surface area contributed by atoms with Crippen LogP contribution in [-0.4, -0.2) is 101 Å². The summed E-state index contributed by atoms with van der Waals surface area (Å²) in [6.45, 7) is -0.715. The number of hydrogen-bond acceptors (Lipinski definition) is 16. The van der Waals surface area contributed by atoms with Gasteiger partial charge in [-0.25, -0.2) is 19.6 Å². The molecule has 3 heterocycles. The second kappa shape index (κ2) is 17.1. The Morgan fingerprint density at radius 1 is 1.00 bits per heavy atom. The Bertz CT molecular complexity index is 1960. The second-order valence-electron chi connectivity index (χ2n) is 12.7. The number of thiol groups is 1. The van der Waals surface area contributed by atoms with Gasteiger partial charge in [-0.1, -0.05) is 0 Å². The summed E-state index contributed by atoms with van der Waals surface area (Å²) in [4.78, 5) is 105. The van der Waals surface area contributed by atoms with Crippen LogP contribution >= 0.6 is 12.6 Å². The third-order valence-corrected chi connectivity index (χ3v) is 9.36. The molecule has 1 unspecified atom stereocenters. The van der Waals surface area contributed by atoms with Crippen molar-refractivity contribution in [3.05, 3.63) is 41.7 Å². The molecule has 2 atom stereocenters. The van der Waals surface area contributed by atoms with Crippen molar-refractivity contribution in [3.63, 3.8) is 0 Å². The number of ether oxygens (including phenoxy) is 2. The molecule has 21 heteroatoms. The van der Waals surface area contributed by atoms with Crippen LogP contribution < -0.4 is 21.7 Å². The third-order valence-electron chi connectivity index (χ3n) is 8.96. The highest BCUT2D eigenvalue weighted by molar-refractivity contribution is 7.81. The van der Waals surface area contributed by atoms with Crippen molar-refractivity contribution < 1.29 is 53.2 Å². The van der Waals surface area contributed by atoms with Crippen LogP contribution in [0.1, 0.15) is 61.0 Å². The molecule has 1 aliphatic heterocycles. The molecule has 20 nitrogen and oxygen atoms in total. The number of carbonyl (C=O) groups is 7. The van der Waals surface area contributed by atoms with Gasteiger partial charge in [-0.15, -0.1) is 0 Å². The van der Waals surface area contributed by atoms with Crippen molar-refractivity contribution in [1.82, 2.24) is 30.2 Å². The fourth-order valence-corrected chi connectivity index (χ4v) is 6.37. The molecule has 0 radical (unpaired) electrons. The Morgan fingerprint density at radius 3 is 2.33 bits per heavy atom. The van der Waals surface area contributed by atoms with E-state index in [9.17, 15) is 38.7 Å². The molecule has 2 aromatic heterocycles. The van der Waals surface area contributed by atoms with E-state index in [1.54, 1.807) is 0 Å². The van der Waals surface area contributed by atoms with Crippen LogP contribution in [0.2, 0.25) is 0 Å². The number of fused-ring (bicyclic) bond motifs is 1. The second-order valence-corrected chi connectivity index (χ2v) is 13.3. The average molecular weight is 768 g/mol. The highest BCUT2D eigenvalue weighted by atomic mass is 32.1. The van der Waals surface area contributed by atoms with Crippen LogP contribution in [0.3, 0.4) is 0 Å². The zero-order valence-corrected chi connectivity index (χ0v) is 29.5. The minimum Gasteiger partial charge on any atom is -0.481 e. The minimum absolute atomic E-state index is 0.00910. The highest BCUT2D eigenvalue weighted by Crippen LogP contribution is 2.32. The largest absolute Gasteiger partial charge is 0.481 e. The normalized spacial score (nSPS) is 18.9. The maximum atomic E-state index is 13.5. The number of likely N-dealkylation sites (tertiary alicyclic amines) is 1. The zero-order chi connectivity index (χ0) is 39.1. The molecule has 4 amide bonds. The summed E-state index contributed by atoms with van der Waals surface area (Å²) in [5.74, 6) is -5.17. The molecule has 1 aliphatic carbocycles. The van der Waals surface area contributed by atoms with Gasteiger partial charge in [0.15, 0.2) is 17.0 Å². The third kappa shape index (κ3) is 9.65. The SMILES string of the molecule is Nc1nc(N)c2nc(CN(C(=O)OCOC(=O)C3CCC(CN4C(=O)CC(S)C4=O)CC3)c3ccc(C(=O)N[C@@H](CCC(=O)O)C(=O)O)cc3)cnc2n1. The number of nitrogens with one attached hydrogen (secondary N) is 1. The number of imide groups is 1. The van der Waals surface area contributed by atoms with E-state index >= 15 is 0 Å². The van der Waals surface area contributed by atoms with Gasteiger partial charge in [0.05, 0.1) is 29.6 Å². The summed E-state index contributed by atoms with van der Waals surface area (Å²) in [6.07, 6.45) is 1.68. The quantitative estimate of drug-likeness (QED) is 0.0580. The number of carboxylic acid groups (broad SMARTS) is 2. The smallest absolute Gasteiger partial charge is 0.417 e. The van der Waals surface area contributed by atoms with Gasteiger partial charge in [-0.3, -0.25) is 33.8 Å². The highest BCUT2D eigenvalue weighted by Gasteiger charge is 2.38. The predicted molar refractivity (Wildman–Crippen MR) is 189 cm³/mol. The van der Waals surface area contributed by atoms with Gasteiger partial charge in [0, 0.05) is 30.6 Å². The van der Waals surface area contributed by atoms with E-state index in [2.05, 4.69) is 37.9 Å². The van der Waals surface area contributed by atoms with Crippen LogP contribution in [0.25, 0.3) is 11.2 Å². The Kier molecular flexibility index (Phi) is 12.4. The number of rotatable bonds is 14. The number of amides is 4. The van der Waals surface area contributed by atoms with E-state index in [0.29, 0.717) is 25.7 Å². The number of esters is 1. The topological polar surface area (TPSA) is 301 Å². The van der Waals surface area contributed by atoms with Gasteiger partial charge in [0.1, 0.15) is 6.04 Å². The van der Waals surface area contributed by atoms with Crippen LogP contribution in [0.15, 0.2) is 30.5 Å². The number of benzene rings is 1. The molecule has 2 aliphatic rings. The van der Waals surface area contributed by atoms with Crippen molar-refractivity contribution in [2.45, 2.75) is 62.8 Å². The number of anilines is 3. The number of aliphatic carboxylic acids is 2. The van der Waals surface area contributed by atoms with Crippen LogP contribution in [0.4, 0.5) is 22.2 Å². The summed E-state index contributed by atoms with van der Waals surface area (Å²) < 4.78 is 10.6. The lowest BCUT2D eigenvalue weighted by Crippen LogP contribution is -2.41. The standard InChI is InChI=1S/C33H37N9O11S/c34-26-25-27(40-32(35)39-26)36-12-19(37-25)14-41(20-7-5-17(6-8-20)28(46)38-21(30(48)49)9-10-24(44)45)33(51)53-15-52-31(50)18-3-1-16(2-4-18)13-42-23(43)11-22(54)29(42)47/h5-8,12,16,18,21-22,54H,1-4,9-11,13-15H2,(H,38,46)(H,44,45)(H,48,49)(H4,34,35,36,39,40)/t16?,18?,21-,22?/m0/s1. The molecule has 1 saturated heterocycles. The fourth-order valence-electron chi connectivity index (χ4n) is 6.07. The first kappa shape index (κ1) is 39.1. The van der Waals surface area contributed by atoms with Crippen molar-refractivity contribution >= 4 is 83.0 Å². The number of hydrogen-bond donors (Lipinski definition) is 6. The molecular weight excluding hydrogens is 730 g/mol. The average Bonchev–Trinajstić information content (AvgIpc) is 3.37. The lowest BCUT2D eigenvalue weighted by Gasteiger charge is -2.29. The lowest BCUT2D eigenvalue weighted by atomic mass is 9.82. The minimum atomic E-state index is -1.46. The maximum Gasteiger partial charge on any atom is 0.417 e. The Morgan fingerprint density at radius 2 is 1.70 bits per heavy atom. The van der Waals surface area contributed by atoms with E-state index < -0.39 is 60.3 Å². The zero-order valence-electron chi connectivity index (χ0n) is 28.6. The Hall–Kier alpha value is -6.12. The molecule has 1 aromatic carbocycles. The predicted octanol–water partition coefficient (Wildman–Crippen LogP) is 1.14. The van der Waals surface area contributed by atoms with Crippen LogP contribution in [-0.2, 0) is 40.0 Å².